The molecule has 1 saturated carbocycles. The molecule has 17 heavy (non-hydrogen) atoms. The van der Waals surface area contributed by atoms with E-state index >= 15 is 0 Å². The zero-order valence-electron chi connectivity index (χ0n) is 10.4. The van der Waals surface area contributed by atoms with E-state index < -0.39 is 0 Å². The molecule has 96 valence electrons. The molecule has 5 heteroatoms. The molecule has 0 bridgehead atoms. The van der Waals surface area contributed by atoms with Crippen LogP contribution in [0.2, 0.25) is 0 Å². The third-order valence-electron chi connectivity index (χ3n) is 3.92. The molecule has 1 heterocycles. The minimum Gasteiger partial charge on any atom is -0.339 e. The SMILES string of the molecule is CC(=O)N1CCN(C(=O)[C@@H]2CCC[C@@H]2N)CC1. The molecule has 0 unspecified atom stereocenters. The van der Waals surface area contributed by atoms with Crippen molar-refractivity contribution >= 4 is 11.8 Å². The third kappa shape index (κ3) is 2.60. The summed E-state index contributed by atoms with van der Waals surface area (Å²) in [6.07, 6.45) is 2.95. The van der Waals surface area contributed by atoms with Crippen LogP contribution in [0.5, 0.6) is 0 Å². The van der Waals surface area contributed by atoms with E-state index in [1.54, 1.807) is 11.8 Å². The molecule has 1 aliphatic heterocycles. The fourth-order valence-corrected chi connectivity index (χ4v) is 2.77. The summed E-state index contributed by atoms with van der Waals surface area (Å²) in [5, 5.41) is 0. The van der Waals surface area contributed by atoms with Crippen molar-refractivity contribution in [2.45, 2.75) is 32.2 Å². The predicted octanol–water partition coefficient (Wildman–Crippen LogP) is -0.195. The van der Waals surface area contributed by atoms with Gasteiger partial charge in [0.25, 0.3) is 0 Å². The molecule has 0 radical (unpaired) electrons. The Morgan fingerprint density at radius 1 is 1.06 bits per heavy atom. The van der Waals surface area contributed by atoms with Gasteiger partial charge in [-0.15, -0.1) is 0 Å². The molecule has 2 fully saturated rings. The van der Waals surface area contributed by atoms with Gasteiger partial charge in [-0.3, -0.25) is 9.59 Å². The van der Waals surface area contributed by atoms with Crippen molar-refractivity contribution in [1.29, 1.82) is 0 Å². The maximum atomic E-state index is 12.2. The van der Waals surface area contributed by atoms with Crippen LogP contribution in [0.15, 0.2) is 0 Å². The molecule has 2 atom stereocenters. The van der Waals surface area contributed by atoms with Gasteiger partial charge in [-0.05, 0) is 12.8 Å². The topological polar surface area (TPSA) is 66.6 Å². The number of nitrogens with two attached hydrogens (primary N) is 1. The van der Waals surface area contributed by atoms with E-state index in [0.717, 1.165) is 19.3 Å². The Labute approximate surface area is 102 Å². The number of carbonyl (C=O) groups is 2. The summed E-state index contributed by atoms with van der Waals surface area (Å²) in [4.78, 5) is 27.1. The first-order chi connectivity index (χ1) is 8.09. The summed E-state index contributed by atoms with van der Waals surface area (Å²) in [7, 11) is 0. The van der Waals surface area contributed by atoms with E-state index in [1.807, 2.05) is 4.90 Å². The average molecular weight is 239 g/mol. The molecule has 0 aromatic carbocycles. The van der Waals surface area contributed by atoms with Crippen LogP contribution < -0.4 is 5.73 Å². The minimum atomic E-state index is 0.0129. The van der Waals surface area contributed by atoms with Gasteiger partial charge in [0, 0.05) is 39.1 Å². The molecule has 5 nitrogen and oxygen atoms in total. The fourth-order valence-electron chi connectivity index (χ4n) is 2.77. The van der Waals surface area contributed by atoms with E-state index in [-0.39, 0.29) is 23.8 Å². The Hall–Kier alpha value is -1.10. The quantitative estimate of drug-likeness (QED) is 0.689. The van der Waals surface area contributed by atoms with Crippen molar-refractivity contribution < 1.29 is 9.59 Å². The highest BCUT2D eigenvalue weighted by atomic mass is 16.2. The Morgan fingerprint density at radius 2 is 1.65 bits per heavy atom. The van der Waals surface area contributed by atoms with Crippen molar-refractivity contribution in [3.05, 3.63) is 0 Å². The lowest BCUT2D eigenvalue weighted by Gasteiger charge is -2.36. The van der Waals surface area contributed by atoms with E-state index in [1.165, 1.54) is 0 Å². The zero-order valence-corrected chi connectivity index (χ0v) is 10.4. The van der Waals surface area contributed by atoms with E-state index in [4.69, 9.17) is 5.73 Å². The summed E-state index contributed by atoms with van der Waals surface area (Å²) >= 11 is 0. The van der Waals surface area contributed by atoms with Crippen molar-refractivity contribution in [3.8, 4) is 0 Å². The highest BCUT2D eigenvalue weighted by Crippen LogP contribution is 2.26. The Kier molecular flexibility index (Phi) is 3.66. The summed E-state index contributed by atoms with van der Waals surface area (Å²) in [5.41, 5.74) is 5.95. The molecule has 1 aliphatic carbocycles. The number of nitrogens with zero attached hydrogens (tertiary/aromatic N) is 2. The number of carbonyl (C=O) groups excluding carboxylic acids is 2. The first kappa shape index (κ1) is 12.4. The maximum absolute atomic E-state index is 12.2. The van der Waals surface area contributed by atoms with Gasteiger partial charge < -0.3 is 15.5 Å². The van der Waals surface area contributed by atoms with Gasteiger partial charge in [-0.25, -0.2) is 0 Å². The Morgan fingerprint density at radius 3 is 2.12 bits per heavy atom. The van der Waals surface area contributed by atoms with E-state index in [0.29, 0.717) is 26.2 Å². The van der Waals surface area contributed by atoms with Gasteiger partial charge in [-0.1, -0.05) is 6.42 Å². The van der Waals surface area contributed by atoms with Gasteiger partial charge in [0.1, 0.15) is 0 Å². The molecule has 2 N–H and O–H groups in total. The van der Waals surface area contributed by atoms with Crippen LogP contribution in [0.1, 0.15) is 26.2 Å². The van der Waals surface area contributed by atoms with Crippen molar-refractivity contribution in [2.24, 2.45) is 11.7 Å². The van der Waals surface area contributed by atoms with Gasteiger partial charge in [0.2, 0.25) is 11.8 Å². The van der Waals surface area contributed by atoms with Crippen LogP contribution in [0.4, 0.5) is 0 Å². The van der Waals surface area contributed by atoms with E-state index in [2.05, 4.69) is 0 Å². The van der Waals surface area contributed by atoms with Gasteiger partial charge in [0.05, 0.1) is 5.92 Å². The lowest BCUT2D eigenvalue weighted by Crippen LogP contribution is -2.52. The summed E-state index contributed by atoms with van der Waals surface area (Å²) in [5.74, 6) is 0.298. The molecular weight excluding hydrogens is 218 g/mol. The lowest BCUT2D eigenvalue weighted by atomic mass is 10.0. The number of piperazine rings is 1. The first-order valence-electron chi connectivity index (χ1n) is 6.39. The molecule has 2 rings (SSSR count). The predicted molar refractivity (Wildman–Crippen MR) is 64.2 cm³/mol. The summed E-state index contributed by atoms with van der Waals surface area (Å²) in [6, 6.07) is 0.0355. The van der Waals surface area contributed by atoms with Crippen LogP contribution in [-0.4, -0.2) is 53.8 Å². The second-order valence-corrected chi connectivity index (χ2v) is 5.03. The third-order valence-corrected chi connectivity index (χ3v) is 3.92. The standard InChI is InChI=1S/C12H21N3O2/c1-9(16)14-5-7-15(8-6-14)12(17)10-3-2-4-11(10)13/h10-11H,2-8,13H2,1H3/t10-,11+/m1/s1. The lowest BCUT2D eigenvalue weighted by molar-refractivity contribution is -0.141. The summed E-state index contributed by atoms with van der Waals surface area (Å²) < 4.78 is 0. The smallest absolute Gasteiger partial charge is 0.227 e. The Bertz CT molecular complexity index is 311. The normalized spacial score (nSPS) is 29.5. The average Bonchev–Trinajstić information content (AvgIpc) is 2.74. The first-order valence-corrected chi connectivity index (χ1v) is 6.39. The van der Waals surface area contributed by atoms with Crippen LogP contribution in [-0.2, 0) is 9.59 Å². The van der Waals surface area contributed by atoms with Crippen LogP contribution in [0.3, 0.4) is 0 Å². The summed E-state index contributed by atoms with van der Waals surface area (Å²) in [6.45, 7) is 4.19. The highest BCUT2D eigenvalue weighted by Gasteiger charge is 2.34. The monoisotopic (exact) mass is 239 g/mol. The van der Waals surface area contributed by atoms with E-state index in [9.17, 15) is 9.59 Å². The second-order valence-electron chi connectivity index (χ2n) is 5.03. The number of rotatable bonds is 1. The zero-order chi connectivity index (χ0) is 12.4. The van der Waals surface area contributed by atoms with Crippen molar-refractivity contribution in [3.63, 3.8) is 0 Å². The largest absolute Gasteiger partial charge is 0.339 e. The van der Waals surface area contributed by atoms with Gasteiger partial charge in [-0.2, -0.15) is 0 Å². The molecule has 0 aromatic heterocycles. The molecular formula is C12H21N3O2. The molecule has 1 saturated heterocycles. The van der Waals surface area contributed by atoms with Crippen LogP contribution >= 0.6 is 0 Å². The van der Waals surface area contributed by atoms with Crippen molar-refractivity contribution in [1.82, 2.24) is 9.80 Å². The minimum absolute atomic E-state index is 0.0129. The van der Waals surface area contributed by atoms with Gasteiger partial charge >= 0.3 is 0 Å². The molecule has 2 amide bonds. The highest BCUT2D eigenvalue weighted by molar-refractivity contribution is 5.80. The van der Waals surface area contributed by atoms with Crippen LogP contribution in [0, 0.1) is 5.92 Å². The maximum Gasteiger partial charge on any atom is 0.227 e. The number of amides is 2. The molecule has 2 aliphatic rings. The van der Waals surface area contributed by atoms with Crippen LogP contribution in [0.25, 0.3) is 0 Å². The molecule has 0 aromatic rings. The van der Waals surface area contributed by atoms with Gasteiger partial charge in [0.15, 0.2) is 0 Å². The van der Waals surface area contributed by atoms with Crippen molar-refractivity contribution in [2.75, 3.05) is 26.2 Å². The number of hydrogen-bond donors (Lipinski definition) is 1. The Balaban J connectivity index is 1.88. The number of hydrogen-bond acceptors (Lipinski definition) is 3. The fraction of sp³-hybridized carbons (Fsp3) is 0.833. The molecule has 0 spiro atoms. The second kappa shape index (κ2) is 5.04.